The average molecular weight is 155 g/mol. The van der Waals surface area contributed by atoms with Crippen molar-refractivity contribution in [2.45, 2.75) is 52.6 Å². The first kappa shape index (κ1) is 9.05. The van der Waals surface area contributed by atoms with Crippen LogP contribution in [0.3, 0.4) is 0 Å². The van der Waals surface area contributed by atoms with E-state index in [9.17, 15) is 0 Å². The molecule has 1 heteroatoms. The number of rotatable bonds is 1. The highest BCUT2D eigenvalue weighted by molar-refractivity contribution is 4.78. The molecule has 0 saturated carbocycles. The lowest BCUT2D eigenvalue weighted by Gasteiger charge is -2.39. The molecule has 66 valence electrons. The van der Waals surface area contributed by atoms with Crippen molar-refractivity contribution in [2.75, 3.05) is 6.54 Å². The molecule has 0 aliphatic carbocycles. The van der Waals surface area contributed by atoms with E-state index < -0.39 is 0 Å². The normalized spacial score (nSPS) is 34.6. The van der Waals surface area contributed by atoms with Gasteiger partial charge in [0.25, 0.3) is 0 Å². The molecular formula is C10H21N. The van der Waals surface area contributed by atoms with Gasteiger partial charge in [0.15, 0.2) is 0 Å². The van der Waals surface area contributed by atoms with Gasteiger partial charge in [-0.1, -0.05) is 6.92 Å². The predicted octanol–water partition coefficient (Wildman–Crippen LogP) is 2.52. The molecule has 0 N–H and O–H groups in total. The van der Waals surface area contributed by atoms with Crippen LogP contribution in [0.25, 0.3) is 0 Å². The van der Waals surface area contributed by atoms with Gasteiger partial charge >= 0.3 is 0 Å². The minimum Gasteiger partial charge on any atom is -0.298 e. The van der Waals surface area contributed by atoms with Crippen LogP contribution in [-0.2, 0) is 0 Å². The molecule has 0 amide bonds. The van der Waals surface area contributed by atoms with Crippen LogP contribution in [0.1, 0.15) is 40.5 Å². The molecule has 2 unspecified atom stereocenters. The molecule has 0 aromatic rings. The lowest BCUT2D eigenvalue weighted by molar-refractivity contribution is 0.0974. The number of likely N-dealkylation sites (tertiary alicyclic amines) is 1. The first-order valence-corrected chi connectivity index (χ1v) is 4.87. The largest absolute Gasteiger partial charge is 0.298 e. The lowest BCUT2D eigenvalue weighted by Crippen LogP contribution is -2.44. The van der Waals surface area contributed by atoms with Gasteiger partial charge in [-0.05, 0) is 46.1 Å². The minimum absolute atomic E-state index is 0.734. The molecule has 1 nitrogen and oxygen atoms in total. The van der Waals surface area contributed by atoms with Crippen molar-refractivity contribution >= 4 is 0 Å². The Balaban J connectivity index is 2.44. The standard InChI is InChI=1S/C10H21N/c1-8(2)11-6-5-9(3)7-10(11)4/h8-10H,5-7H2,1-4H3. The molecule has 2 atom stereocenters. The maximum atomic E-state index is 2.61. The predicted molar refractivity (Wildman–Crippen MR) is 49.7 cm³/mol. The molecule has 1 saturated heterocycles. The van der Waals surface area contributed by atoms with Gasteiger partial charge in [-0.25, -0.2) is 0 Å². The van der Waals surface area contributed by atoms with E-state index in [1.807, 2.05) is 0 Å². The Hall–Kier alpha value is -0.0400. The van der Waals surface area contributed by atoms with Crippen molar-refractivity contribution in [3.05, 3.63) is 0 Å². The van der Waals surface area contributed by atoms with Gasteiger partial charge in [0.05, 0.1) is 0 Å². The molecule has 11 heavy (non-hydrogen) atoms. The number of hydrogen-bond donors (Lipinski definition) is 0. The SMILES string of the molecule is CC1CCN(C(C)C)C(C)C1. The van der Waals surface area contributed by atoms with Crippen LogP contribution in [0.2, 0.25) is 0 Å². The fourth-order valence-corrected chi connectivity index (χ4v) is 2.19. The van der Waals surface area contributed by atoms with Crippen LogP contribution in [0.15, 0.2) is 0 Å². The first-order chi connectivity index (χ1) is 5.11. The third-order valence-electron chi connectivity index (χ3n) is 2.85. The molecule has 1 rings (SSSR count). The van der Waals surface area contributed by atoms with Crippen molar-refractivity contribution < 1.29 is 0 Å². The smallest absolute Gasteiger partial charge is 0.00721 e. The Morgan fingerprint density at radius 3 is 2.36 bits per heavy atom. The molecule has 1 heterocycles. The van der Waals surface area contributed by atoms with Gasteiger partial charge in [0.1, 0.15) is 0 Å². The van der Waals surface area contributed by atoms with Gasteiger partial charge in [-0.2, -0.15) is 0 Å². The molecule has 0 aromatic heterocycles. The fraction of sp³-hybridized carbons (Fsp3) is 1.00. The summed E-state index contributed by atoms with van der Waals surface area (Å²) in [5, 5.41) is 0. The Morgan fingerprint density at radius 2 is 1.91 bits per heavy atom. The van der Waals surface area contributed by atoms with Crippen molar-refractivity contribution in [1.82, 2.24) is 4.90 Å². The van der Waals surface area contributed by atoms with Crippen LogP contribution >= 0.6 is 0 Å². The van der Waals surface area contributed by atoms with Gasteiger partial charge in [0, 0.05) is 12.1 Å². The molecule has 1 aliphatic rings. The van der Waals surface area contributed by atoms with Gasteiger partial charge in [-0.3, -0.25) is 4.90 Å². The van der Waals surface area contributed by atoms with Gasteiger partial charge in [0.2, 0.25) is 0 Å². The van der Waals surface area contributed by atoms with E-state index in [0.717, 1.165) is 18.0 Å². The molecule has 0 radical (unpaired) electrons. The zero-order valence-corrected chi connectivity index (χ0v) is 8.30. The molecule has 0 aromatic carbocycles. The quantitative estimate of drug-likeness (QED) is 0.562. The summed E-state index contributed by atoms with van der Waals surface area (Å²) in [6, 6.07) is 1.54. The summed E-state index contributed by atoms with van der Waals surface area (Å²) >= 11 is 0. The summed E-state index contributed by atoms with van der Waals surface area (Å²) in [7, 11) is 0. The zero-order valence-electron chi connectivity index (χ0n) is 8.30. The van der Waals surface area contributed by atoms with Crippen molar-refractivity contribution in [1.29, 1.82) is 0 Å². The maximum Gasteiger partial charge on any atom is 0.00721 e. The highest BCUT2D eigenvalue weighted by Crippen LogP contribution is 2.23. The number of piperidine rings is 1. The van der Waals surface area contributed by atoms with Crippen molar-refractivity contribution in [3.63, 3.8) is 0 Å². The maximum absolute atomic E-state index is 2.61. The summed E-state index contributed by atoms with van der Waals surface area (Å²) in [5.74, 6) is 0.944. The molecular weight excluding hydrogens is 134 g/mol. The topological polar surface area (TPSA) is 3.24 Å². The van der Waals surface area contributed by atoms with E-state index in [2.05, 4.69) is 32.6 Å². The van der Waals surface area contributed by atoms with E-state index in [1.165, 1.54) is 19.4 Å². The Morgan fingerprint density at radius 1 is 1.27 bits per heavy atom. The minimum atomic E-state index is 0.734. The Bertz CT molecular complexity index is 120. The van der Waals surface area contributed by atoms with E-state index in [0.29, 0.717) is 0 Å². The van der Waals surface area contributed by atoms with E-state index in [4.69, 9.17) is 0 Å². The summed E-state index contributed by atoms with van der Waals surface area (Å²) in [5.41, 5.74) is 0. The average Bonchev–Trinajstić information content (AvgIpc) is 1.85. The zero-order chi connectivity index (χ0) is 8.43. The fourth-order valence-electron chi connectivity index (χ4n) is 2.19. The lowest BCUT2D eigenvalue weighted by atomic mass is 9.92. The van der Waals surface area contributed by atoms with Crippen molar-refractivity contribution in [3.8, 4) is 0 Å². The Kier molecular flexibility index (Phi) is 2.94. The van der Waals surface area contributed by atoms with E-state index in [1.54, 1.807) is 0 Å². The van der Waals surface area contributed by atoms with Crippen LogP contribution in [0.5, 0.6) is 0 Å². The van der Waals surface area contributed by atoms with Crippen LogP contribution in [-0.4, -0.2) is 23.5 Å². The second-order valence-electron chi connectivity index (χ2n) is 4.31. The van der Waals surface area contributed by atoms with Crippen LogP contribution in [0, 0.1) is 5.92 Å². The molecule has 0 spiro atoms. The molecule has 1 aliphatic heterocycles. The second kappa shape index (κ2) is 3.57. The molecule has 1 fully saturated rings. The molecule has 0 bridgehead atoms. The summed E-state index contributed by atoms with van der Waals surface area (Å²) < 4.78 is 0. The van der Waals surface area contributed by atoms with E-state index >= 15 is 0 Å². The van der Waals surface area contributed by atoms with Gasteiger partial charge in [-0.15, -0.1) is 0 Å². The van der Waals surface area contributed by atoms with Crippen LogP contribution in [0.4, 0.5) is 0 Å². The summed E-state index contributed by atoms with van der Waals surface area (Å²) in [6.45, 7) is 10.6. The first-order valence-electron chi connectivity index (χ1n) is 4.87. The highest BCUT2D eigenvalue weighted by Gasteiger charge is 2.23. The summed E-state index contributed by atoms with van der Waals surface area (Å²) in [4.78, 5) is 2.61. The summed E-state index contributed by atoms with van der Waals surface area (Å²) in [6.07, 6.45) is 2.78. The van der Waals surface area contributed by atoms with E-state index in [-0.39, 0.29) is 0 Å². The van der Waals surface area contributed by atoms with Crippen LogP contribution < -0.4 is 0 Å². The third kappa shape index (κ3) is 2.19. The third-order valence-corrected chi connectivity index (χ3v) is 2.85. The number of hydrogen-bond acceptors (Lipinski definition) is 1. The number of nitrogens with zero attached hydrogens (tertiary/aromatic N) is 1. The highest BCUT2D eigenvalue weighted by atomic mass is 15.2. The second-order valence-corrected chi connectivity index (χ2v) is 4.31. The Labute approximate surface area is 70.8 Å². The van der Waals surface area contributed by atoms with Crippen molar-refractivity contribution in [2.24, 2.45) is 5.92 Å². The van der Waals surface area contributed by atoms with Gasteiger partial charge < -0.3 is 0 Å². The monoisotopic (exact) mass is 155 g/mol.